The number of nitrogens with zero attached hydrogens (tertiary/aromatic N) is 3. The van der Waals surface area contributed by atoms with Crippen molar-refractivity contribution in [1.29, 1.82) is 0 Å². The fourth-order valence-corrected chi connectivity index (χ4v) is 2.57. The molecule has 0 aromatic heterocycles. The molecule has 0 radical (unpaired) electrons. The fourth-order valence-electron chi connectivity index (χ4n) is 2.57. The molecular weight excluding hydrogens is 340 g/mol. The van der Waals surface area contributed by atoms with Crippen molar-refractivity contribution in [1.82, 2.24) is 5.32 Å². The predicted octanol–water partition coefficient (Wildman–Crippen LogP) is 4.72. The molecule has 0 saturated heterocycles. The molecule has 1 amide bonds. The smallest absolute Gasteiger partial charge is 0.275 e. The molecule has 0 aliphatic carbocycles. The first-order chi connectivity index (χ1) is 13.0. The van der Waals surface area contributed by atoms with Gasteiger partial charge in [0.05, 0.1) is 5.69 Å². The quantitative estimate of drug-likeness (QED) is 0.403. The molecule has 2 N–H and O–H groups in total. The van der Waals surface area contributed by atoms with Crippen LogP contribution in [0.2, 0.25) is 0 Å². The van der Waals surface area contributed by atoms with Crippen molar-refractivity contribution in [3.8, 4) is 0 Å². The van der Waals surface area contributed by atoms with Crippen LogP contribution < -0.4 is 10.2 Å². The van der Waals surface area contributed by atoms with Gasteiger partial charge in [-0.2, -0.15) is 5.11 Å². The van der Waals surface area contributed by atoms with Crippen molar-refractivity contribution in [3.05, 3.63) is 71.6 Å². The number of aliphatic hydroxyl groups excluding tert-OH is 1. The third kappa shape index (κ3) is 5.95. The summed E-state index contributed by atoms with van der Waals surface area (Å²) in [5.41, 5.74) is 2.58. The van der Waals surface area contributed by atoms with Gasteiger partial charge in [-0.15, -0.1) is 5.11 Å². The van der Waals surface area contributed by atoms with Crippen LogP contribution in [-0.4, -0.2) is 24.1 Å². The third-order valence-corrected chi connectivity index (χ3v) is 4.10. The molecule has 142 valence electrons. The number of rotatable bonds is 8. The van der Waals surface area contributed by atoms with E-state index >= 15 is 0 Å². The molecule has 0 bridgehead atoms. The Hall–Kier alpha value is -3.15. The number of amides is 1. The normalized spacial score (nSPS) is 12.0. The van der Waals surface area contributed by atoms with Gasteiger partial charge in [-0.05, 0) is 50.6 Å². The van der Waals surface area contributed by atoms with Crippen LogP contribution in [0.5, 0.6) is 0 Å². The first-order valence-electron chi connectivity index (χ1n) is 9.03. The van der Waals surface area contributed by atoms with E-state index in [0.29, 0.717) is 12.2 Å². The minimum Gasteiger partial charge on any atom is -0.510 e. The second-order valence-corrected chi connectivity index (χ2v) is 5.99. The van der Waals surface area contributed by atoms with Gasteiger partial charge in [0.15, 0.2) is 5.70 Å². The van der Waals surface area contributed by atoms with E-state index in [1.54, 1.807) is 0 Å². The van der Waals surface area contributed by atoms with Crippen LogP contribution in [0.1, 0.15) is 26.3 Å². The molecule has 0 spiro atoms. The maximum Gasteiger partial charge on any atom is 0.275 e. The molecule has 0 saturated carbocycles. The average Bonchev–Trinajstić information content (AvgIpc) is 2.69. The zero-order valence-corrected chi connectivity index (χ0v) is 16.0. The number of anilines is 1. The Balaban J connectivity index is 2.05. The van der Waals surface area contributed by atoms with Gasteiger partial charge in [0.1, 0.15) is 5.76 Å². The highest BCUT2D eigenvalue weighted by Gasteiger charge is 2.12. The van der Waals surface area contributed by atoms with E-state index < -0.39 is 5.91 Å². The van der Waals surface area contributed by atoms with Gasteiger partial charge < -0.3 is 15.3 Å². The first-order valence-corrected chi connectivity index (χ1v) is 9.03. The molecular formula is C21H26N4O2. The number of nitrogens with one attached hydrogen (secondary N) is 1. The second-order valence-electron chi connectivity index (χ2n) is 5.99. The summed E-state index contributed by atoms with van der Waals surface area (Å²) in [5.74, 6) is -0.647. The number of hydrogen-bond acceptors (Lipinski definition) is 5. The monoisotopic (exact) mass is 366 g/mol. The second kappa shape index (κ2) is 10.1. The molecule has 27 heavy (non-hydrogen) atoms. The Labute approximate surface area is 160 Å². The van der Waals surface area contributed by atoms with Gasteiger partial charge in [-0.25, -0.2) is 0 Å². The van der Waals surface area contributed by atoms with Crippen LogP contribution in [0.25, 0.3) is 0 Å². The lowest BCUT2D eigenvalue weighted by molar-refractivity contribution is -0.117. The minimum absolute atomic E-state index is 0.0984. The minimum atomic E-state index is -0.470. The standard InChI is InChI=1S/C21H26N4O2/c1-4-25(5-2)19-13-11-18(12-14-19)23-24-20(16(3)26)21(27)22-15-17-9-7-6-8-10-17/h6-14,26H,4-5,15H2,1-3H3,(H,22,27)/b20-16+,24-23?. The summed E-state index contributed by atoms with van der Waals surface area (Å²) in [4.78, 5) is 14.5. The molecule has 0 unspecified atom stereocenters. The highest BCUT2D eigenvalue weighted by molar-refractivity contribution is 5.93. The van der Waals surface area contributed by atoms with Gasteiger partial charge in [0.25, 0.3) is 5.91 Å². The lowest BCUT2D eigenvalue weighted by Gasteiger charge is -2.20. The van der Waals surface area contributed by atoms with Crippen LogP contribution >= 0.6 is 0 Å². The molecule has 0 fully saturated rings. The Bertz CT molecular complexity index is 791. The lowest BCUT2D eigenvalue weighted by Crippen LogP contribution is -2.24. The molecule has 0 heterocycles. The molecule has 2 aromatic rings. The van der Waals surface area contributed by atoms with Crippen molar-refractivity contribution in [2.45, 2.75) is 27.3 Å². The van der Waals surface area contributed by atoms with E-state index in [9.17, 15) is 9.90 Å². The predicted molar refractivity (Wildman–Crippen MR) is 108 cm³/mol. The number of carbonyl (C=O) groups is 1. The van der Waals surface area contributed by atoms with Crippen LogP contribution in [0.3, 0.4) is 0 Å². The maximum atomic E-state index is 12.3. The fraction of sp³-hybridized carbons (Fsp3) is 0.286. The first kappa shape index (κ1) is 20.2. The van der Waals surface area contributed by atoms with Crippen LogP contribution in [-0.2, 0) is 11.3 Å². The Morgan fingerprint density at radius 2 is 1.67 bits per heavy atom. The largest absolute Gasteiger partial charge is 0.510 e. The van der Waals surface area contributed by atoms with E-state index in [1.165, 1.54) is 6.92 Å². The highest BCUT2D eigenvalue weighted by atomic mass is 16.3. The van der Waals surface area contributed by atoms with Crippen LogP contribution in [0.4, 0.5) is 11.4 Å². The number of aliphatic hydroxyl groups is 1. The van der Waals surface area contributed by atoms with Crippen molar-refractivity contribution in [2.75, 3.05) is 18.0 Å². The molecule has 2 aromatic carbocycles. The van der Waals surface area contributed by atoms with E-state index in [4.69, 9.17) is 0 Å². The third-order valence-electron chi connectivity index (χ3n) is 4.10. The number of benzene rings is 2. The van der Waals surface area contributed by atoms with Gasteiger partial charge in [0.2, 0.25) is 0 Å². The molecule has 6 heteroatoms. The Kier molecular flexibility index (Phi) is 7.55. The average molecular weight is 366 g/mol. The van der Waals surface area contributed by atoms with Gasteiger partial charge >= 0.3 is 0 Å². The summed E-state index contributed by atoms with van der Waals surface area (Å²) >= 11 is 0. The molecule has 0 aliphatic rings. The van der Waals surface area contributed by atoms with Gasteiger partial charge in [-0.3, -0.25) is 4.79 Å². The Morgan fingerprint density at radius 1 is 1.04 bits per heavy atom. The van der Waals surface area contributed by atoms with E-state index in [2.05, 4.69) is 34.3 Å². The summed E-state index contributed by atoms with van der Waals surface area (Å²) in [6.07, 6.45) is 0. The molecule has 0 atom stereocenters. The SMILES string of the molecule is CCN(CC)c1ccc(N=N/C(C(=O)NCc2ccccc2)=C(\C)O)cc1. The summed E-state index contributed by atoms with van der Waals surface area (Å²) in [6.45, 7) is 7.83. The lowest BCUT2D eigenvalue weighted by atomic mass is 10.2. The van der Waals surface area contributed by atoms with Crippen molar-refractivity contribution in [3.63, 3.8) is 0 Å². The van der Waals surface area contributed by atoms with E-state index in [0.717, 1.165) is 24.3 Å². The summed E-state index contributed by atoms with van der Waals surface area (Å²) in [6, 6.07) is 17.1. The number of carbonyl (C=O) groups excluding carboxylic acids is 1. The van der Waals surface area contributed by atoms with Gasteiger partial charge in [0, 0.05) is 25.3 Å². The van der Waals surface area contributed by atoms with Crippen LogP contribution in [0.15, 0.2) is 76.3 Å². The summed E-state index contributed by atoms with van der Waals surface area (Å²) in [7, 11) is 0. The van der Waals surface area contributed by atoms with E-state index in [1.807, 2.05) is 54.6 Å². The summed E-state index contributed by atoms with van der Waals surface area (Å²) in [5, 5.41) is 20.6. The molecule has 6 nitrogen and oxygen atoms in total. The molecule has 2 rings (SSSR count). The number of hydrogen-bond donors (Lipinski definition) is 2. The molecule has 0 aliphatic heterocycles. The van der Waals surface area contributed by atoms with Crippen molar-refractivity contribution in [2.24, 2.45) is 10.2 Å². The van der Waals surface area contributed by atoms with E-state index in [-0.39, 0.29) is 11.5 Å². The maximum absolute atomic E-state index is 12.3. The van der Waals surface area contributed by atoms with Crippen molar-refractivity contribution < 1.29 is 9.90 Å². The van der Waals surface area contributed by atoms with Crippen molar-refractivity contribution >= 4 is 17.3 Å². The highest BCUT2D eigenvalue weighted by Crippen LogP contribution is 2.21. The zero-order chi connectivity index (χ0) is 19.6. The Morgan fingerprint density at radius 3 is 2.22 bits per heavy atom. The zero-order valence-electron chi connectivity index (χ0n) is 16.0. The topological polar surface area (TPSA) is 77.3 Å². The number of allylic oxidation sites excluding steroid dienone is 1. The summed E-state index contributed by atoms with van der Waals surface area (Å²) < 4.78 is 0. The van der Waals surface area contributed by atoms with Gasteiger partial charge in [-0.1, -0.05) is 30.3 Å². The van der Waals surface area contributed by atoms with Crippen LogP contribution in [0, 0.1) is 0 Å². The number of azo groups is 1.